The van der Waals surface area contributed by atoms with Crippen molar-refractivity contribution in [2.45, 2.75) is 45.8 Å². The third-order valence-corrected chi connectivity index (χ3v) is 4.44. The average Bonchev–Trinajstić information content (AvgIpc) is 3.15. The van der Waals surface area contributed by atoms with Gasteiger partial charge in [0.2, 0.25) is 5.60 Å². The number of hydrogen-bond acceptors (Lipinski definition) is 4. The number of oxime groups is 1. The summed E-state index contributed by atoms with van der Waals surface area (Å²) in [6.45, 7) is 6.92. The minimum absolute atomic E-state index is 0.221. The largest absolute Gasteiger partial charge is 0.379 e. The summed E-state index contributed by atoms with van der Waals surface area (Å²) in [4.78, 5) is 17.9. The van der Waals surface area contributed by atoms with Gasteiger partial charge in [-0.05, 0) is 45.4 Å². The first kappa shape index (κ1) is 18.1. The highest BCUT2D eigenvalue weighted by molar-refractivity contribution is 6.05. The number of halogens is 1. The number of benzene rings is 1. The Balaban J connectivity index is 1.50. The molecule has 26 heavy (non-hydrogen) atoms. The lowest BCUT2D eigenvalue weighted by Gasteiger charge is -2.20. The van der Waals surface area contributed by atoms with Crippen LogP contribution in [-0.4, -0.2) is 33.5 Å². The van der Waals surface area contributed by atoms with Gasteiger partial charge in [-0.2, -0.15) is 5.10 Å². The predicted octanol–water partition coefficient (Wildman–Crippen LogP) is 2.73. The molecule has 0 spiro atoms. The molecule has 1 atom stereocenters. The van der Waals surface area contributed by atoms with Gasteiger partial charge in [0, 0.05) is 30.8 Å². The molecule has 0 unspecified atom stereocenters. The smallest absolute Gasteiger partial charge is 0.267 e. The van der Waals surface area contributed by atoms with Gasteiger partial charge in [0.1, 0.15) is 5.82 Å². The number of nitrogens with one attached hydrogen (secondary N) is 1. The van der Waals surface area contributed by atoms with E-state index in [0.717, 1.165) is 24.4 Å². The molecule has 0 saturated carbocycles. The highest BCUT2D eigenvalue weighted by Gasteiger charge is 2.42. The van der Waals surface area contributed by atoms with Gasteiger partial charge in [0.15, 0.2) is 0 Å². The van der Waals surface area contributed by atoms with Crippen molar-refractivity contribution in [2.75, 3.05) is 6.54 Å². The van der Waals surface area contributed by atoms with Crippen molar-refractivity contribution < 1.29 is 14.0 Å². The molecular formula is C19H23FN4O2. The normalized spacial score (nSPS) is 19.2. The molecule has 0 radical (unpaired) electrons. The average molecular weight is 358 g/mol. The van der Waals surface area contributed by atoms with E-state index in [1.54, 1.807) is 19.1 Å². The summed E-state index contributed by atoms with van der Waals surface area (Å²) < 4.78 is 15.3. The maximum absolute atomic E-state index is 13.4. The summed E-state index contributed by atoms with van der Waals surface area (Å²) >= 11 is 0. The van der Waals surface area contributed by atoms with Crippen molar-refractivity contribution in [1.29, 1.82) is 0 Å². The molecule has 1 N–H and O–H groups in total. The van der Waals surface area contributed by atoms with Crippen LogP contribution in [0.1, 0.15) is 36.7 Å². The molecule has 0 bridgehead atoms. The molecule has 2 heterocycles. The summed E-state index contributed by atoms with van der Waals surface area (Å²) in [7, 11) is 0. The number of nitrogens with zero attached hydrogens (tertiary/aromatic N) is 3. The number of aromatic nitrogens is 2. The lowest BCUT2D eigenvalue weighted by molar-refractivity contribution is -0.141. The first-order valence-electron chi connectivity index (χ1n) is 8.68. The Bertz CT molecular complexity index is 846. The van der Waals surface area contributed by atoms with Crippen LogP contribution in [0.5, 0.6) is 0 Å². The standard InChI is InChI=1S/C19H23FN4O2/c1-13-10-14(2)24(22-13)9-5-8-21-18(25)19(3)12-17(23-26-19)15-6-4-7-16(20)11-15/h4,6-7,10-11H,5,8-9,12H2,1-3H3,(H,21,25)/t19-/m1/s1. The van der Waals surface area contributed by atoms with Crippen molar-refractivity contribution in [2.24, 2.45) is 5.16 Å². The summed E-state index contributed by atoms with van der Waals surface area (Å²) in [6, 6.07) is 8.15. The van der Waals surface area contributed by atoms with Gasteiger partial charge < -0.3 is 10.2 Å². The summed E-state index contributed by atoms with van der Waals surface area (Å²) in [6.07, 6.45) is 1.07. The molecule has 7 heteroatoms. The SMILES string of the molecule is Cc1cc(C)n(CCCNC(=O)[C@@]2(C)CC(c3cccc(F)c3)=NO2)n1. The number of carbonyl (C=O) groups excluding carboxylic acids is 1. The lowest BCUT2D eigenvalue weighted by atomic mass is 9.95. The highest BCUT2D eigenvalue weighted by Crippen LogP contribution is 2.27. The summed E-state index contributed by atoms with van der Waals surface area (Å²) in [5.41, 5.74) is 2.23. The van der Waals surface area contributed by atoms with E-state index in [-0.39, 0.29) is 11.7 Å². The minimum atomic E-state index is -1.07. The molecule has 1 aliphatic rings. The molecule has 0 aliphatic carbocycles. The Labute approximate surface area is 152 Å². The van der Waals surface area contributed by atoms with Gasteiger partial charge in [-0.1, -0.05) is 17.3 Å². The zero-order chi connectivity index (χ0) is 18.7. The van der Waals surface area contributed by atoms with Crippen LogP contribution in [0.15, 0.2) is 35.5 Å². The molecule has 1 aliphatic heterocycles. The van der Waals surface area contributed by atoms with Gasteiger partial charge >= 0.3 is 0 Å². The van der Waals surface area contributed by atoms with Gasteiger partial charge in [-0.25, -0.2) is 4.39 Å². The fourth-order valence-electron chi connectivity index (χ4n) is 3.00. The quantitative estimate of drug-likeness (QED) is 0.808. The fourth-order valence-corrected chi connectivity index (χ4v) is 3.00. The zero-order valence-electron chi connectivity index (χ0n) is 15.3. The molecule has 2 aromatic rings. The van der Waals surface area contributed by atoms with Gasteiger partial charge in [0.05, 0.1) is 11.4 Å². The van der Waals surface area contributed by atoms with Crippen LogP contribution >= 0.6 is 0 Å². The molecule has 138 valence electrons. The van der Waals surface area contributed by atoms with Crippen LogP contribution in [0.2, 0.25) is 0 Å². The molecule has 6 nitrogen and oxygen atoms in total. The van der Waals surface area contributed by atoms with Crippen LogP contribution < -0.4 is 5.32 Å². The van der Waals surface area contributed by atoms with Crippen LogP contribution in [0.3, 0.4) is 0 Å². The fraction of sp³-hybridized carbons (Fsp3) is 0.421. The Hall–Kier alpha value is -2.70. The van der Waals surface area contributed by atoms with Gasteiger partial charge in [0.25, 0.3) is 5.91 Å². The second-order valence-electron chi connectivity index (χ2n) is 6.81. The van der Waals surface area contributed by atoms with Crippen molar-refractivity contribution in [3.63, 3.8) is 0 Å². The Morgan fingerprint density at radius 3 is 2.88 bits per heavy atom. The van der Waals surface area contributed by atoms with Crippen LogP contribution in [0.4, 0.5) is 4.39 Å². The second-order valence-corrected chi connectivity index (χ2v) is 6.81. The van der Waals surface area contributed by atoms with Crippen LogP contribution in [-0.2, 0) is 16.2 Å². The number of amides is 1. The summed E-state index contributed by atoms with van der Waals surface area (Å²) in [5.74, 6) is -0.562. The lowest BCUT2D eigenvalue weighted by Crippen LogP contribution is -2.45. The van der Waals surface area contributed by atoms with E-state index in [1.165, 1.54) is 12.1 Å². The Morgan fingerprint density at radius 1 is 1.38 bits per heavy atom. The van der Waals surface area contributed by atoms with Gasteiger partial charge in [-0.3, -0.25) is 9.48 Å². The van der Waals surface area contributed by atoms with Crippen molar-refractivity contribution >= 4 is 11.6 Å². The van der Waals surface area contributed by atoms with E-state index in [0.29, 0.717) is 24.2 Å². The number of carbonyl (C=O) groups is 1. The minimum Gasteiger partial charge on any atom is -0.379 e. The molecule has 1 aromatic carbocycles. The van der Waals surface area contributed by atoms with Crippen molar-refractivity contribution in [3.8, 4) is 0 Å². The third kappa shape index (κ3) is 3.92. The number of rotatable bonds is 6. The monoisotopic (exact) mass is 358 g/mol. The molecule has 1 aromatic heterocycles. The van der Waals surface area contributed by atoms with E-state index >= 15 is 0 Å². The van der Waals surface area contributed by atoms with E-state index in [1.807, 2.05) is 24.6 Å². The van der Waals surface area contributed by atoms with Crippen LogP contribution in [0, 0.1) is 19.7 Å². The van der Waals surface area contributed by atoms with E-state index < -0.39 is 5.60 Å². The van der Waals surface area contributed by atoms with Gasteiger partial charge in [-0.15, -0.1) is 0 Å². The maximum Gasteiger partial charge on any atom is 0.267 e. The maximum atomic E-state index is 13.4. The molecule has 0 fully saturated rings. The van der Waals surface area contributed by atoms with Crippen LogP contribution in [0.25, 0.3) is 0 Å². The number of hydrogen-bond donors (Lipinski definition) is 1. The number of aryl methyl sites for hydroxylation is 3. The van der Waals surface area contributed by atoms with E-state index in [2.05, 4.69) is 15.6 Å². The predicted molar refractivity (Wildman–Crippen MR) is 96.4 cm³/mol. The molecule has 1 amide bonds. The van der Waals surface area contributed by atoms with Crippen molar-refractivity contribution in [3.05, 3.63) is 53.1 Å². The van der Waals surface area contributed by atoms with Crippen molar-refractivity contribution in [1.82, 2.24) is 15.1 Å². The summed E-state index contributed by atoms with van der Waals surface area (Å²) in [5, 5.41) is 11.3. The third-order valence-electron chi connectivity index (χ3n) is 4.44. The second kappa shape index (κ2) is 7.27. The molecule has 0 saturated heterocycles. The topological polar surface area (TPSA) is 68.5 Å². The van der Waals surface area contributed by atoms with E-state index in [9.17, 15) is 9.18 Å². The highest BCUT2D eigenvalue weighted by atomic mass is 19.1. The first-order valence-corrected chi connectivity index (χ1v) is 8.68. The zero-order valence-corrected chi connectivity index (χ0v) is 15.3. The van der Waals surface area contributed by atoms with E-state index in [4.69, 9.17) is 4.84 Å². The molecule has 3 rings (SSSR count). The first-order chi connectivity index (χ1) is 12.4. The Kier molecular flexibility index (Phi) is 5.06. The molecular weight excluding hydrogens is 335 g/mol. The Morgan fingerprint density at radius 2 is 2.19 bits per heavy atom.